The van der Waals surface area contributed by atoms with Crippen molar-refractivity contribution >= 4 is 0 Å². The van der Waals surface area contributed by atoms with Gasteiger partial charge in [0.25, 0.3) is 0 Å². The Balaban J connectivity index is 1.82. The maximum atomic E-state index is 12.8. The van der Waals surface area contributed by atoms with Gasteiger partial charge in [-0.1, -0.05) is 12.8 Å². The first-order valence-electron chi connectivity index (χ1n) is 6.40. The molecule has 2 rings (SSSR count). The predicted molar refractivity (Wildman–Crippen MR) is 62.2 cm³/mol. The average Bonchev–Trinajstić information content (AvgIpc) is 2.81. The Kier molecular flexibility index (Phi) is 4.32. The molecule has 0 spiro atoms. The van der Waals surface area contributed by atoms with E-state index in [0.29, 0.717) is 25.8 Å². The van der Waals surface area contributed by atoms with Crippen LogP contribution in [0.4, 0.5) is 13.2 Å². The highest BCUT2D eigenvalue weighted by molar-refractivity contribution is 4.98. The van der Waals surface area contributed by atoms with Gasteiger partial charge in [0.1, 0.15) is 5.76 Å². The van der Waals surface area contributed by atoms with E-state index in [4.69, 9.17) is 4.42 Å². The first kappa shape index (κ1) is 13.5. The zero-order chi connectivity index (χ0) is 13.0. The minimum atomic E-state index is -4.08. The molecule has 2 nitrogen and oxygen atoms in total. The van der Waals surface area contributed by atoms with Crippen LogP contribution in [0.1, 0.15) is 31.4 Å². The maximum absolute atomic E-state index is 12.8. The molecule has 0 saturated heterocycles. The van der Waals surface area contributed by atoms with Crippen LogP contribution in [0.5, 0.6) is 0 Å². The highest BCUT2D eigenvalue weighted by Crippen LogP contribution is 2.37. The fourth-order valence-corrected chi connectivity index (χ4v) is 2.60. The van der Waals surface area contributed by atoms with E-state index in [1.165, 1.54) is 0 Å². The molecule has 1 fully saturated rings. The highest BCUT2D eigenvalue weighted by atomic mass is 19.4. The Morgan fingerprint density at radius 2 is 2.06 bits per heavy atom. The van der Waals surface area contributed by atoms with Crippen molar-refractivity contribution in [3.63, 3.8) is 0 Å². The van der Waals surface area contributed by atoms with Gasteiger partial charge in [-0.15, -0.1) is 0 Å². The first-order chi connectivity index (χ1) is 8.57. The fourth-order valence-electron chi connectivity index (χ4n) is 2.60. The molecule has 2 unspecified atom stereocenters. The quantitative estimate of drug-likeness (QED) is 0.897. The molecule has 1 aromatic rings. The zero-order valence-corrected chi connectivity index (χ0v) is 10.2. The van der Waals surface area contributed by atoms with E-state index in [1.807, 2.05) is 6.07 Å². The number of nitrogens with one attached hydrogen (secondary N) is 1. The van der Waals surface area contributed by atoms with Crippen LogP contribution >= 0.6 is 0 Å². The molecule has 2 atom stereocenters. The van der Waals surface area contributed by atoms with Crippen molar-refractivity contribution in [3.8, 4) is 0 Å². The number of alkyl halides is 3. The third-order valence-corrected chi connectivity index (χ3v) is 3.54. The molecule has 18 heavy (non-hydrogen) atoms. The second-order valence-electron chi connectivity index (χ2n) is 4.82. The molecule has 102 valence electrons. The maximum Gasteiger partial charge on any atom is 0.393 e. The summed E-state index contributed by atoms with van der Waals surface area (Å²) < 4.78 is 43.7. The van der Waals surface area contributed by atoms with E-state index in [1.54, 1.807) is 12.3 Å². The van der Waals surface area contributed by atoms with Gasteiger partial charge < -0.3 is 9.73 Å². The summed E-state index contributed by atoms with van der Waals surface area (Å²) in [5.74, 6) is -0.385. The molecule has 1 saturated carbocycles. The Labute approximate surface area is 105 Å². The number of furan rings is 1. The minimum absolute atomic E-state index is 0.252. The lowest BCUT2D eigenvalue weighted by Crippen LogP contribution is -2.46. The molecular formula is C13H18F3NO. The second-order valence-corrected chi connectivity index (χ2v) is 4.82. The normalized spacial score (nSPS) is 25.3. The van der Waals surface area contributed by atoms with Gasteiger partial charge in [-0.05, 0) is 25.0 Å². The van der Waals surface area contributed by atoms with Gasteiger partial charge in [0, 0.05) is 19.0 Å². The Hall–Kier alpha value is -0.970. The zero-order valence-electron chi connectivity index (χ0n) is 10.2. The molecule has 1 N–H and O–H groups in total. The van der Waals surface area contributed by atoms with Crippen molar-refractivity contribution in [1.29, 1.82) is 0 Å². The van der Waals surface area contributed by atoms with E-state index in [0.717, 1.165) is 12.2 Å². The van der Waals surface area contributed by atoms with Crippen LogP contribution in [0.25, 0.3) is 0 Å². The van der Waals surface area contributed by atoms with Crippen LogP contribution in [0, 0.1) is 5.92 Å². The van der Waals surface area contributed by atoms with E-state index in [9.17, 15) is 13.2 Å². The summed E-state index contributed by atoms with van der Waals surface area (Å²) in [6.45, 7) is 0.532. The van der Waals surface area contributed by atoms with Gasteiger partial charge in [-0.2, -0.15) is 13.2 Å². The molecular weight excluding hydrogens is 243 g/mol. The molecule has 0 aromatic carbocycles. The van der Waals surface area contributed by atoms with Crippen LogP contribution in [0.2, 0.25) is 0 Å². The molecule has 1 aliphatic carbocycles. The number of rotatable bonds is 4. The molecule has 1 aromatic heterocycles. The van der Waals surface area contributed by atoms with Gasteiger partial charge in [-0.25, -0.2) is 0 Å². The first-order valence-corrected chi connectivity index (χ1v) is 6.40. The molecule has 0 amide bonds. The summed E-state index contributed by atoms with van der Waals surface area (Å²) >= 11 is 0. The van der Waals surface area contributed by atoms with Gasteiger partial charge in [-0.3, -0.25) is 0 Å². The van der Waals surface area contributed by atoms with Crippen molar-refractivity contribution in [2.45, 2.75) is 44.3 Å². The predicted octanol–water partition coefficient (Wildman–Crippen LogP) is 3.53. The Morgan fingerprint density at radius 1 is 1.28 bits per heavy atom. The number of hydrogen-bond acceptors (Lipinski definition) is 2. The largest absolute Gasteiger partial charge is 0.469 e. The van der Waals surface area contributed by atoms with Crippen molar-refractivity contribution in [1.82, 2.24) is 5.32 Å². The molecule has 1 aliphatic rings. The lowest BCUT2D eigenvalue weighted by atomic mass is 9.84. The van der Waals surface area contributed by atoms with Gasteiger partial charge in [0.05, 0.1) is 12.2 Å². The molecule has 0 aliphatic heterocycles. The summed E-state index contributed by atoms with van der Waals surface area (Å²) in [6.07, 6.45) is 0.557. The van der Waals surface area contributed by atoms with Crippen molar-refractivity contribution < 1.29 is 17.6 Å². The SMILES string of the molecule is FC(F)(F)C1CCCCC1NCCc1ccco1. The molecule has 5 heteroatoms. The van der Waals surface area contributed by atoms with Crippen LogP contribution in [0.3, 0.4) is 0 Å². The van der Waals surface area contributed by atoms with Crippen molar-refractivity contribution in [3.05, 3.63) is 24.2 Å². The van der Waals surface area contributed by atoms with E-state index < -0.39 is 18.1 Å². The summed E-state index contributed by atoms with van der Waals surface area (Å²) in [5, 5.41) is 3.04. The summed E-state index contributed by atoms with van der Waals surface area (Å²) in [7, 11) is 0. The van der Waals surface area contributed by atoms with Crippen LogP contribution in [-0.4, -0.2) is 18.8 Å². The van der Waals surface area contributed by atoms with Crippen molar-refractivity contribution in [2.75, 3.05) is 6.54 Å². The smallest absolute Gasteiger partial charge is 0.393 e. The van der Waals surface area contributed by atoms with Gasteiger partial charge >= 0.3 is 6.18 Å². The van der Waals surface area contributed by atoms with Crippen LogP contribution < -0.4 is 5.32 Å². The minimum Gasteiger partial charge on any atom is -0.469 e. The van der Waals surface area contributed by atoms with E-state index in [-0.39, 0.29) is 6.42 Å². The topological polar surface area (TPSA) is 25.2 Å². The summed E-state index contributed by atoms with van der Waals surface area (Å²) in [4.78, 5) is 0. The third kappa shape index (κ3) is 3.51. The van der Waals surface area contributed by atoms with Gasteiger partial charge in [0.15, 0.2) is 0 Å². The van der Waals surface area contributed by atoms with Crippen LogP contribution in [-0.2, 0) is 6.42 Å². The van der Waals surface area contributed by atoms with E-state index in [2.05, 4.69) is 5.32 Å². The highest BCUT2D eigenvalue weighted by Gasteiger charge is 2.45. The second kappa shape index (κ2) is 5.78. The average molecular weight is 261 g/mol. The summed E-state index contributed by atoms with van der Waals surface area (Å²) in [5.41, 5.74) is 0. The van der Waals surface area contributed by atoms with E-state index >= 15 is 0 Å². The van der Waals surface area contributed by atoms with Crippen molar-refractivity contribution in [2.24, 2.45) is 5.92 Å². The Bertz CT molecular complexity index is 348. The lowest BCUT2D eigenvalue weighted by molar-refractivity contribution is -0.188. The monoisotopic (exact) mass is 261 g/mol. The third-order valence-electron chi connectivity index (χ3n) is 3.54. The molecule has 0 bridgehead atoms. The van der Waals surface area contributed by atoms with Crippen LogP contribution in [0.15, 0.2) is 22.8 Å². The Morgan fingerprint density at radius 3 is 2.72 bits per heavy atom. The summed E-state index contributed by atoms with van der Waals surface area (Å²) in [6, 6.07) is 3.19. The number of hydrogen-bond donors (Lipinski definition) is 1. The van der Waals surface area contributed by atoms with Gasteiger partial charge in [0.2, 0.25) is 0 Å². The molecule has 0 radical (unpaired) electrons. The number of halogens is 3. The lowest BCUT2D eigenvalue weighted by Gasteiger charge is -2.33. The molecule has 1 heterocycles. The standard InChI is InChI=1S/C13H18F3NO/c14-13(15,16)11-5-1-2-6-12(11)17-8-7-10-4-3-9-18-10/h3-4,9,11-12,17H,1-2,5-8H2. The fraction of sp³-hybridized carbons (Fsp3) is 0.692.